The van der Waals surface area contributed by atoms with Gasteiger partial charge in [-0.2, -0.15) is 0 Å². The topological polar surface area (TPSA) is 60.0 Å². The number of nitrogens with one attached hydrogen (secondary N) is 1. The predicted octanol–water partition coefficient (Wildman–Crippen LogP) is 2.28. The van der Waals surface area contributed by atoms with Crippen molar-refractivity contribution in [1.82, 2.24) is 10.2 Å². The van der Waals surface area contributed by atoms with Crippen LogP contribution in [0.1, 0.15) is 20.8 Å². The number of benzene rings is 1. The van der Waals surface area contributed by atoms with E-state index in [0.29, 0.717) is 37.8 Å². The van der Waals surface area contributed by atoms with Crippen molar-refractivity contribution in [2.24, 2.45) is 0 Å². The van der Waals surface area contributed by atoms with Crippen LogP contribution < -0.4 is 14.8 Å². The molecule has 0 unspecified atom stereocenters. The molecule has 0 radical (unpaired) electrons. The Morgan fingerprint density at radius 2 is 2.09 bits per heavy atom. The van der Waals surface area contributed by atoms with E-state index in [0.717, 1.165) is 0 Å². The van der Waals surface area contributed by atoms with Crippen LogP contribution in [-0.2, 0) is 4.74 Å². The highest BCUT2D eigenvalue weighted by Crippen LogP contribution is 2.25. The van der Waals surface area contributed by atoms with Gasteiger partial charge in [0.15, 0.2) is 11.5 Å². The molecule has 0 bridgehead atoms. The average Bonchev–Trinajstić information content (AvgIpc) is 2.52. The predicted molar refractivity (Wildman–Crippen MR) is 88.1 cm³/mol. The minimum Gasteiger partial charge on any atom is -0.493 e. The van der Waals surface area contributed by atoms with Gasteiger partial charge in [0.25, 0.3) is 0 Å². The van der Waals surface area contributed by atoms with E-state index < -0.39 is 0 Å². The Labute approximate surface area is 137 Å². The number of carbonyl (C=O) groups excluding carboxylic acids is 1. The van der Waals surface area contributed by atoms with Crippen LogP contribution in [0.25, 0.3) is 0 Å². The second kappa shape index (κ2) is 7.55. The van der Waals surface area contributed by atoms with E-state index in [9.17, 15) is 4.79 Å². The molecule has 128 valence electrons. The zero-order valence-electron chi connectivity index (χ0n) is 14.3. The molecule has 1 fully saturated rings. The number of rotatable bonds is 5. The molecular weight excluding hydrogens is 296 g/mol. The van der Waals surface area contributed by atoms with Gasteiger partial charge in [-0.15, -0.1) is 0 Å². The molecule has 1 heterocycles. The van der Waals surface area contributed by atoms with Gasteiger partial charge in [0.05, 0.1) is 31.9 Å². The third-order valence-corrected chi connectivity index (χ3v) is 3.64. The van der Waals surface area contributed by atoms with Crippen molar-refractivity contribution >= 4 is 6.03 Å². The molecule has 2 rings (SSSR count). The first-order valence-electron chi connectivity index (χ1n) is 7.86. The number of para-hydroxylation sites is 2. The number of methoxy groups -OCH3 is 1. The first-order valence-corrected chi connectivity index (χ1v) is 7.86. The SMILES string of the molecule is COc1ccccc1OC[C@H](C)NC(=O)N1CCOC(C)(C)C1. The molecule has 1 aliphatic heterocycles. The van der Waals surface area contributed by atoms with Crippen LogP contribution in [0.2, 0.25) is 0 Å². The molecule has 2 amide bonds. The van der Waals surface area contributed by atoms with Gasteiger partial charge in [-0.1, -0.05) is 12.1 Å². The van der Waals surface area contributed by atoms with Crippen molar-refractivity contribution in [2.75, 3.05) is 33.4 Å². The number of hydrogen-bond donors (Lipinski definition) is 1. The lowest BCUT2D eigenvalue weighted by Crippen LogP contribution is -2.55. The minimum absolute atomic E-state index is 0.0856. The average molecular weight is 322 g/mol. The number of ether oxygens (including phenoxy) is 3. The molecule has 1 aliphatic rings. The highest BCUT2D eigenvalue weighted by Gasteiger charge is 2.30. The number of nitrogens with zero attached hydrogens (tertiary/aromatic N) is 1. The minimum atomic E-state index is -0.299. The van der Waals surface area contributed by atoms with E-state index in [1.165, 1.54) is 0 Å². The Hall–Kier alpha value is -1.95. The van der Waals surface area contributed by atoms with Gasteiger partial charge < -0.3 is 24.4 Å². The van der Waals surface area contributed by atoms with Gasteiger partial charge in [-0.05, 0) is 32.9 Å². The van der Waals surface area contributed by atoms with Crippen molar-refractivity contribution in [1.29, 1.82) is 0 Å². The Bertz CT molecular complexity index is 533. The number of hydrogen-bond acceptors (Lipinski definition) is 4. The van der Waals surface area contributed by atoms with Crippen LogP contribution in [-0.4, -0.2) is 56.0 Å². The van der Waals surface area contributed by atoms with E-state index in [1.54, 1.807) is 12.0 Å². The van der Waals surface area contributed by atoms with E-state index in [2.05, 4.69) is 5.32 Å². The second-order valence-corrected chi connectivity index (χ2v) is 6.34. The Kier molecular flexibility index (Phi) is 5.71. The summed E-state index contributed by atoms with van der Waals surface area (Å²) in [6.07, 6.45) is 0. The van der Waals surface area contributed by atoms with Crippen molar-refractivity contribution in [2.45, 2.75) is 32.4 Å². The summed E-state index contributed by atoms with van der Waals surface area (Å²) in [6, 6.07) is 7.26. The van der Waals surface area contributed by atoms with Crippen LogP contribution in [0.5, 0.6) is 11.5 Å². The number of amides is 2. The lowest BCUT2D eigenvalue weighted by atomic mass is 10.1. The third-order valence-electron chi connectivity index (χ3n) is 3.64. The first kappa shape index (κ1) is 17.4. The fourth-order valence-corrected chi connectivity index (χ4v) is 2.49. The number of carbonyl (C=O) groups is 1. The molecule has 1 aromatic rings. The highest BCUT2D eigenvalue weighted by atomic mass is 16.5. The summed E-state index contributed by atoms with van der Waals surface area (Å²) in [4.78, 5) is 14.1. The maximum absolute atomic E-state index is 12.3. The highest BCUT2D eigenvalue weighted by molar-refractivity contribution is 5.74. The monoisotopic (exact) mass is 322 g/mol. The van der Waals surface area contributed by atoms with Crippen molar-refractivity contribution in [3.8, 4) is 11.5 Å². The third kappa shape index (κ3) is 5.03. The maximum Gasteiger partial charge on any atom is 0.317 e. The summed E-state index contributed by atoms with van der Waals surface area (Å²) in [5.74, 6) is 1.35. The zero-order valence-corrected chi connectivity index (χ0v) is 14.3. The van der Waals surface area contributed by atoms with Crippen LogP contribution in [0.3, 0.4) is 0 Å². The molecule has 1 saturated heterocycles. The molecule has 23 heavy (non-hydrogen) atoms. The molecule has 1 N–H and O–H groups in total. The lowest BCUT2D eigenvalue weighted by molar-refractivity contribution is -0.0735. The fourth-order valence-electron chi connectivity index (χ4n) is 2.49. The lowest BCUT2D eigenvalue weighted by Gasteiger charge is -2.38. The summed E-state index contributed by atoms with van der Waals surface area (Å²) in [6.45, 7) is 8.01. The maximum atomic E-state index is 12.3. The largest absolute Gasteiger partial charge is 0.493 e. The summed E-state index contributed by atoms with van der Waals surface area (Å²) in [7, 11) is 1.60. The van der Waals surface area contributed by atoms with Crippen LogP contribution in [0, 0.1) is 0 Å². The first-order chi connectivity index (χ1) is 10.9. The standard InChI is InChI=1S/C17H26N2O4/c1-13(11-22-15-8-6-5-7-14(15)21-4)18-16(20)19-9-10-23-17(2,3)12-19/h5-8,13H,9-12H2,1-4H3,(H,18,20)/t13-/m0/s1. The van der Waals surface area contributed by atoms with Gasteiger partial charge in [0.2, 0.25) is 0 Å². The van der Waals surface area contributed by atoms with Gasteiger partial charge in [0, 0.05) is 6.54 Å². The fraction of sp³-hybridized carbons (Fsp3) is 0.588. The van der Waals surface area contributed by atoms with Crippen molar-refractivity contribution in [3.63, 3.8) is 0 Å². The van der Waals surface area contributed by atoms with Gasteiger partial charge >= 0.3 is 6.03 Å². The summed E-state index contributed by atoms with van der Waals surface area (Å²) >= 11 is 0. The van der Waals surface area contributed by atoms with E-state index in [-0.39, 0.29) is 17.7 Å². The van der Waals surface area contributed by atoms with E-state index in [4.69, 9.17) is 14.2 Å². The smallest absolute Gasteiger partial charge is 0.317 e. The second-order valence-electron chi connectivity index (χ2n) is 6.34. The molecule has 0 spiro atoms. The van der Waals surface area contributed by atoms with Crippen LogP contribution in [0.15, 0.2) is 24.3 Å². The van der Waals surface area contributed by atoms with E-state index in [1.807, 2.05) is 45.0 Å². The number of morpholine rings is 1. The van der Waals surface area contributed by atoms with Crippen molar-refractivity contribution in [3.05, 3.63) is 24.3 Å². The van der Waals surface area contributed by atoms with Gasteiger partial charge in [-0.25, -0.2) is 4.79 Å². The molecule has 6 heteroatoms. The Morgan fingerprint density at radius 3 is 2.74 bits per heavy atom. The molecule has 1 atom stereocenters. The van der Waals surface area contributed by atoms with Crippen molar-refractivity contribution < 1.29 is 19.0 Å². The summed E-state index contributed by atoms with van der Waals surface area (Å²) in [5.41, 5.74) is -0.299. The molecule has 1 aromatic carbocycles. The Morgan fingerprint density at radius 1 is 1.39 bits per heavy atom. The molecule has 0 aliphatic carbocycles. The molecule has 0 aromatic heterocycles. The quantitative estimate of drug-likeness (QED) is 0.903. The summed E-state index contributed by atoms with van der Waals surface area (Å²) < 4.78 is 16.6. The molecule has 6 nitrogen and oxygen atoms in total. The van der Waals surface area contributed by atoms with Crippen LogP contribution >= 0.6 is 0 Å². The van der Waals surface area contributed by atoms with Gasteiger partial charge in [0.1, 0.15) is 6.61 Å². The Balaban J connectivity index is 1.82. The molecule has 0 saturated carbocycles. The van der Waals surface area contributed by atoms with E-state index >= 15 is 0 Å². The normalized spacial score (nSPS) is 18.2. The number of urea groups is 1. The summed E-state index contributed by atoms with van der Waals surface area (Å²) in [5, 5.41) is 2.96. The van der Waals surface area contributed by atoms with Crippen LogP contribution in [0.4, 0.5) is 4.79 Å². The van der Waals surface area contributed by atoms with Gasteiger partial charge in [-0.3, -0.25) is 0 Å². The molecular formula is C17H26N2O4. The zero-order chi connectivity index (χ0) is 16.9.